The fourth-order valence-electron chi connectivity index (χ4n) is 5.11. The lowest BCUT2D eigenvalue weighted by molar-refractivity contribution is 0.0851. The molecule has 2 aliphatic carbocycles. The van der Waals surface area contributed by atoms with E-state index in [1.807, 2.05) is 0 Å². The average molecular weight is 278 g/mol. The first-order valence-corrected chi connectivity index (χ1v) is 9.29. The zero-order valence-electron chi connectivity index (χ0n) is 13.5. The van der Waals surface area contributed by atoms with Crippen LogP contribution in [0.15, 0.2) is 0 Å². The summed E-state index contributed by atoms with van der Waals surface area (Å²) in [6.07, 6.45) is 16.2. The molecule has 3 rings (SSSR count). The van der Waals surface area contributed by atoms with Gasteiger partial charge in [-0.25, -0.2) is 0 Å². The van der Waals surface area contributed by atoms with Crippen molar-refractivity contribution >= 4 is 0 Å². The fraction of sp³-hybridized carbons (Fsp3) is 1.00. The number of hydrogen-bond acceptors (Lipinski definition) is 2. The summed E-state index contributed by atoms with van der Waals surface area (Å²) in [5, 5.41) is 3.69. The molecule has 20 heavy (non-hydrogen) atoms. The lowest BCUT2D eigenvalue weighted by Crippen LogP contribution is -2.46. The maximum Gasteiger partial charge on any atom is 0.0195 e. The smallest absolute Gasteiger partial charge is 0.0195 e. The Bertz CT molecular complexity index is 280. The van der Waals surface area contributed by atoms with Crippen LogP contribution in [-0.2, 0) is 0 Å². The van der Waals surface area contributed by atoms with Gasteiger partial charge in [-0.15, -0.1) is 0 Å². The summed E-state index contributed by atoms with van der Waals surface area (Å²) in [6.45, 7) is 6.22. The third kappa shape index (κ3) is 3.39. The minimum absolute atomic E-state index is 0.781. The van der Waals surface area contributed by atoms with Gasteiger partial charge in [-0.3, -0.25) is 4.90 Å². The minimum Gasteiger partial charge on any atom is -0.313 e. The molecule has 0 aromatic rings. The Balaban J connectivity index is 1.52. The van der Waals surface area contributed by atoms with Crippen LogP contribution in [0.5, 0.6) is 0 Å². The summed E-state index contributed by atoms with van der Waals surface area (Å²) in [4.78, 5) is 2.84. The number of nitrogens with one attached hydrogen (secondary N) is 1. The van der Waals surface area contributed by atoms with E-state index in [4.69, 9.17) is 0 Å². The molecule has 116 valence electrons. The Hall–Kier alpha value is -0.0800. The predicted octanol–water partition coefficient (Wildman–Crippen LogP) is 3.95. The number of nitrogens with zero attached hydrogens (tertiary/aromatic N) is 1. The topological polar surface area (TPSA) is 15.3 Å². The first kappa shape index (κ1) is 14.8. The lowest BCUT2D eigenvalue weighted by Gasteiger charge is -2.42. The molecular weight excluding hydrogens is 244 g/mol. The van der Waals surface area contributed by atoms with Crippen LogP contribution in [-0.4, -0.2) is 36.6 Å². The first-order valence-electron chi connectivity index (χ1n) is 9.29. The maximum atomic E-state index is 3.69. The molecule has 2 nitrogen and oxygen atoms in total. The highest BCUT2D eigenvalue weighted by atomic mass is 15.2. The molecule has 0 aromatic carbocycles. The SMILES string of the molecule is CCCN(CC1CCCN1)C1CCC2(CCCC2)CC1. The molecule has 3 fully saturated rings. The van der Waals surface area contributed by atoms with Crippen molar-refractivity contribution in [2.24, 2.45) is 5.41 Å². The molecule has 2 saturated carbocycles. The fourth-order valence-corrected chi connectivity index (χ4v) is 5.11. The Morgan fingerprint density at radius 1 is 1.00 bits per heavy atom. The van der Waals surface area contributed by atoms with Gasteiger partial charge in [0, 0.05) is 18.6 Å². The molecule has 1 spiro atoms. The van der Waals surface area contributed by atoms with Gasteiger partial charge in [-0.05, 0) is 76.3 Å². The summed E-state index contributed by atoms with van der Waals surface area (Å²) in [5.41, 5.74) is 0.792. The van der Waals surface area contributed by atoms with E-state index in [-0.39, 0.29) is 0 Å². The second-order valence-corrected chi connectivity index (χ2v) is 7.73. The molecule has 0 bridgehead atoms. The van der Waals surface area contributed by atoms with E-state index < -0.39 is 0 Å². The van der Waals surface area contributed by atoms with E-state index in [1.54, 1.807) is 0 Å². The van der Waals surface area contributed by atoms with Crippen molar-refractivity contribution in [2.45, 2.75) is 89.6 Å². The highest BCUT2D eigenvalue weighted by molar-refractivity contribution is 4.92. The molecular formula is C18H34N2. The van der Waals surface area contributed by atoms with Crippen LogP contribution in [0.25, 0.3) is 0 Å². The van der Waals surface area contributed by atoms with Crippen molar-refractivity contribution < 1.29 is 0 Å². The van der Waals surface area contributed by atoms with Crippen molar-refractivity contribution in [1.82, 2.24) is 10.2 Å². The Morgan fingerprint density at radius 3 is 2.35 bits per heavy atom. The van der Waals surface area contributed by atoms with Gasteiger partial charge in [0.15, 0.2) is 0 Å². The summed E-state index contributed by atoms with van der Waals surface area (Å²) in [7, 11) is 0. The monoisotopic (exact) mass is 278 g/mol. The van der Waals surface area contributed by atoms with Gasteiger partial charge in [-0.2, -0.15) is 0 Å². The second kappa shape index (κ2) is 6.79. The average Bonchev–Trinajstić information content (AvgIpc) is 3.12. The molecule has 0 amide bonds. The summed E-state index contributed by atoms with van der Waals surface area (Å²) in [6, 6.07) is 1.67. The molecule has 2 heteroatoms. The maximum absolute atomic E-state index is 3.69. The standard InChI is InChI=1S/C18H34N2/c1-2-14-20(15-16-6-5-13-19-16)17-7-11-18(12-8-17)9-3-4-10-18/h16-17,19H,2-15H2,1H3. The normalized spacial score (nSPS) is 30.6. The van der Waals surface area contributed by atoms with E-state index >= 15 is 0 Å². The summed E-state index contributed by atoms with van der Waals surface area (Å²) >= 11 is 0. The third-order valence-corrected chi connectivity index (χ3v) is 6.32. The first-order chi connectivity index (χ1) is 9.81. The van der Waals surface area contributed by atoms with Crippen LogP contribution in [0.4, 0.5) is 0 Å². The van der Waals surface area contributed by atoms with E-state index in [1.165, 1.54) is 90.3 Å². The predicted molar refractivity (Wildman–Crippen MR) is 86.0 cm³/mol. The van der Waals surface area contributed by atoms with E-state index in [0.717, 1.165) is 17.5 Å². The van der Waals surface area contributed by atoms with E-state index in [2.05, 4.69) is 17.1 Å². The van der Waals surface area contributed by atoms with Gasteiger partial charge in [0.05, 0.1) is 0 Å². The highest BCUT2D eigenvalue weighted by Gasteiger charge is 2.38. The van der Waals surface area contributed by atoms with Crippen LogP contribution in [0.3, 0.4) is 0 Å². The molecule has 1 heterocycles. The Labute approximate surface area is 125 Å². The van der Waals surface area contributed by atoms with Gasteiger partial charge in [0.2, 0.25) is 0 Å². The zero-order chi connectivity index (χ0) is 13.8. The van der Waals surface area contributed by atoms with Gasteiger partial charge in [-0.1, -0.05) is 19.8 Å². The molecule has 1 unspecified atom stereocenters. The lowest BCUT2D eigenvalue weighted by atomic mass is 9.71. The molecule has 3 aliphatic rings. The van der Waals surface area contributed by atoms with Crippen molar-refractivity contribution in [2.75, 3.05) is 19.6 Å². The van der Waals surface area contributed by atoms with Gasteiger partial charge < -0.3 is 5.32 Å². The van der Waals surface area contributed by atoms with Crippen LogP contribution < -0.4 is 5.32 Å². The largest absolute Gasteiger partial charge is 0.313 e. The van der Waals surface area contributed by atoms with Crippen molar-refractivity contribution in [3.05, 3.63) is 0 Å². The van der Waals surface area contributed by atoms with Gasteiger partial charge in [0.25, 0.3) is 0 Å². The zero-order valence-corrected chi connectivity index (χ0v) is 13.5. The van der Waals surface area contributed by atoms with Gasteiger partial charge in [0.1, 0.15) is 0 Å². The van der Waals surface area contributed by atoms with Crippen molar-refractivity contribution in [1.29, 1.82) is 0 Å². The van der Waals surface area contributed by atoms with E-state index in [0.29, 0.717) is 0 Å². The highest BCUT2D eigenvalue weighted by Crippen LogP contribution is 2.49. The van der Waals surface area contributed by atoms with Crippen LogP contribution in [0.1, 0.15) is 77.6 Å². The Morgan fingerprint density at radius 2 is 1.75 bits per heavy atom. The van der Waals surface area contributed by atoms with Crippen molar-refractivity contribution in [3.8, 4) is 0 Å². The van der Waals surface area contributed by atoms with Crippen LogP contribution in [0, 0.1) is 5.41 Å². The molecule has 1 atom stereocenters. The number of hydrogen-bond donors (Lipinski definition) is 1. The minimum atomic E-state index is 0.781. The quantitative estimate of drug-likeness (QED) is 0.819. The second-order valence-electron chi connectivity index (χ2n) is 7.73. The van der Waals surface area contributed by atoms with Crippen LogP contribution >= 0.6 is 0 Å². The van der Waals surface area contributed by atoms with Crippen LogP contribution in [0.2, 0.25) is 0 Å². The molecule has 1 N–H and O–H groups in total. The Kier molecular flexibility index (Phi) is 5.04. The summed E-state index contributed by atoms with van der Waals surface area (Å²) < 4.78 is 0. The molecule has 0 radical (unpaired) electrons. The molecule has 0 aromatic heterocycles. The molecule has 1 aliphatic heterocycles. The third-order valence-electron chi connectivity index (χ3n) is 6.32. The van der Waals surface area contributed by atoms with E-state index in [9.17, 15) is 0 Å². The van der Waals surface area contributed by atoms with Gasteiger partial charge >= 0.3 is 0 Å². The van der Waals surface area contributed by atoms with Crippen molar-refractivity contribution in [3.63, 3.8) is 0 Å². The molecule has 1 saturated heterocycles. The summed E-state index contributed by atoms with van der Waals surface area (Å²) in [5.74, 6) is 0. The number of rotatable bonds is 5.